The maximum atomic E-state index is 12.7. The number of ether oxygens (including phenoxy) is 8. The number of hydrogen-bond acceptors (Lipinski definition) is 17. The number of amidine groups is 2. The summed E-state index contributed by atoms with van der Waals surface area (Å²) in [6.07, 6.45) is -2.29. The Morgan fingerprint density at radius 1 is 0.615 bits per heavy atom. The summed E-state index contributed by atoms with van der Waals surface area (Å²) in [5.74, 6) is 1.50. The molecule has 2 unspecified atom stereocenters. The zero-order chi connectivity index (χ0) is 57.1. The number of hydrogen-bond donors (Lipinski definition) is 3. The van der Waals surface area contributed by atoms with Crippen LogP contribution in [0, 0.1) is 11.8 Å². The van der Waals surface area contributed by atoms with Gasteiger partial charge in [0.2, 0.25) is 0 Å². The number of nitrogens with two attached hydrogens (primary N) is 1. The molecule has 4 aromatic rings. The lowest BCUT2D eigenvalue weighted by Gasteiger charge is -2.43. The highest BCUT2D eigenvalue weighted by molar-refractivity contribution is 8.14. The molecule has 0 saturated carbocycles. The van der Waals surface area contributed by atoms with Gasteiger partial charge in [-0.2, -0.15) is 8.42 Å². The SMILES string of the molecule is CC(Oc1ccc(N)cc1)[C@H]1O[C@@H]2SC(N(C)C(=O)OC(C)(C)C)=N[C@@H]2[C@@H](OCc2ccccc2)[C@@H]1C.CC(Oc1ccccc1)[C@H]1O[C@@H]2SC(N(C)C(=O)OC(C)(C)C)=N[C@@H]2[C@@H](OCc2ccccc2)[C@@H]1C.O=S(=O)(O)O. The van der Waals surface area contributed by atoms with Crippen LogP contribution in [0.2, 0.25) is 0 Å². The first-order chi connectivity index (χ1) is 36.6. The Balaban J connectivity index is 0.000000232. The van der Waals surface area contributed by atoms with Gasteiger partial charge >= 0.3 is 22.6 Å². The second-order valence-corrected chi connectivity index (χ2v) is 24.3. The first-order valence-electron chi connectivity index (χ1n) is 25.6. The van der Waals surface area contributed by atoms with E-state index < -0.39 is 33.8 Å². The Morgan fingerprint density at radius 2 is 0.949 bits per heavy atom. The van der Waals surface area contributed by atoms with Gasteiger partial charge in [0.05, 0.1) is 25.4 Å². The van der Waals surface area contributed by atoms with E-state index in [0.29, 0.717) is 29.2 Å². The average Bonchev–Trinajstić information content (AvgIpc) is 4.03. The molecular weight excluding hydrogens is 1060 g/mol. The molecular formula is C56H75N5O14S3. The number of para-hydroxylation sites is 1. The summed E-state index contributed by atoms with van der Waals surface area (Å²) in [6.45, 7) is 20.2. The Bertz CT molecular complexity index is 2730. The number of benzene rings is 4. The molecule has 22 heteroatoms. The Hall–Kier alpha value is -5.43. The third-order valence-electron chi connectivity index (χ3n) is 12.5. The molecule has 0 bridgehead atoms. The summed E-state index contributed by atoms with van der Waals surface area (Å²) in [5, 5.41) is 1.12. The first kappa shape index (κ1) is 61.8. The van der Waals surface area contributed by atoms with Gasteiger partial charge < -0.3 is 43.6 Å². The molecule has 0 radical (unpaired) electrons. The van der Waals surface area contributed by atoms with E-state index in [-0.39, 0.29) is 71.4 Å². The molecule has 4 aliphatic heterocycles. The highest BCUT2D eigenvalue weighted by Crippen LogP contribution is 2.44. The molecule has 78 heavy (non-hydrogen) atoms. The average molecular weight is 1140 g/mol. The van der Waals surface area contributed by atoms with Crippen LogP contribution in [-0.4, -0.2) is 135 Å². The van der Waals surface area contributed by atoms with Crippen molar-refractivity contribution in [3.8, 4) is 11.5 Å². The van der Waals surface area contributed by atoms with Crippen molar-refractivity contribution in [1.29, 1.82) is 0 Å². The predicted octanol–water partition coefficient (Wildman–Crippen LogP) is 10.4. The molecule has 4 aromatic carbocycles. The van der Waals surface area contributed by atoms with Gasteiger partial charge in [-0.1, -0.05) is 116 Å². The molecule has 19 nitrogen and oxygen atoms in total. The topological polar surface area (TPSA) is 240 Å². The van der Waals surface area contributed by atoms with Crippen molar-refractivity contribution in [2.24, 2.45) is 21.8 Å². The summed E-state index contributed by atoms with van der Waals surface area (Å²) in [5.41, 5.74) is 6.87. The van der Waals surface area contributed by atoms with Gasteiger partial charge in [0.25, 0.3) is 0 Å². The number of carbonyl (C=O) groups excluding carboxylic acids is 2. The van der Waals surface area contributed by atoms with E-state index >= 15 is 0 Å². The van der Waals surface area contributed by atoms with Crippen LogP contribution in [-0.2, 0) is 52.0 Å². The number of anilines is 1. The van der Waals surface area contributed by atoms with Gasteiger partial charge in [0, 0.05) is 31.6 Å². The van der Waals surface area contributed by atoms with Crippen molar-refractivity contribution in [2.75, 3.05) is 19.8 Å². The Morgan fingerprint density at radius 3 is 1.29 bits per heavy atom. The summed E-state index contributed by atoms with van der Waals surface area (Å²) < 4.78 is 81.3. The summed E-state index contributed by atoms with van der Waals surface area (Å²) >= 11 is 2.84. The number of fused-ring (bicyclic) bond motifs is 2. The van der Waals surface area contributed by atoms with Gasteiger partial charge in [-0.25, -0.2) is 9.59 Å². The van der Waals surface area contributed by atoms with Crippen molar-refractivity contribution in [1.82, 2.24) is 9.80 Å². The van der Waals surface area contributed by atoms with Crippen LogP contribution in [0.15, 0.2) is 125 Å². The molecule has 2 saturated heterocycles. The predicted molar refractivity (Wildman–Crippen MR) is 303 cm³/mol. The van der Waals surface area contributed by atoms with Crippen LogP contribution in [0.4, 0.5) is 15.3 Å². The summed E-state index contributed by atoms with van der Waals surface area (Å²) in [4.78, 5) is 38.1. The van der Waals surface area contributed by atoms with E-state index in [1.807, 2.05) is 159 Å². The Kier molecular flexibility index (Phi) is 21.5. The van der Waals surface area contributed by atoms with Crippen LogP contribution in [0.3, 0.4) is 0 Å². The normalized spacial score (nSPS) is 25.4. The van der Waals surface area contributed by atoms with Crippen molar-refractivity contribution in [3.05, 3.63) is 126 Å². The third kappa shape index (κ3) is 18.3. The van der Waals surface area contributed by atoms with Gasteiger partial charge in [-0.15, -0.1) is 0 Å². The molecule has 0 aromatic heterocycles. The van der Waals surface area contributed by atoms with Gasteiger partial charge in [0.15, 0.2) is 10.3 Å². The van der Waals surface area contributed by atoms with E-state index in [1.165, 1.54) is 33.3 Å². The fourth-order valence-corrected chi connectivity index (χ4v) is 11.2. The van der Waals surface area contributed by atoms with Gasteiger partial charge in [0.1, 0.15) is 70.1 Å². The first-order valence-corrected chi connectivity index (χ1v) is 28.8. The number of aliphatic imine (C=N–C) groups is 2. The van der Waals surface area contributed by atoms with Crippen molar-refractivity contribution >= 4 is 62.1 Å². The molecule has 12 atom stereocenters. The lowest BCUT2D eigenvalue weighted by atomic mass is 9.87. The van der Waals surface area contributed by atoms with Gasteiger partial charge in [-0.3, -0.25) is 28.9 Å². The smallest absolute Gasteiger partial charge is 0.416 e. The molecule has 426 valence electrons. The number of amides is 2. The van der Waals surface area contributed by atoms with E-state index in [0.717, 1.165) is 22.6 Å². The minimum absolute atomic E-state index is 0.00390. The molecule has 0 aliphatic carbocycles. The van der Waals surface area contributed by atoms with E-state index in [2.05, 4.69) is 26.0 Å². The minimum Gasteiger partial charge on any atom is -0.488 e. The zero-order valence-corrected chi connectivity index (χ0v) is 48.6. The van der Waals surface area contributed by atoms with Crippen molar-refractivity contribution in [2.45, 2.75) is 153 Å². The lowest BCUT2D eigenvalue weighted by Crippen LogP contribution is -2.55. The number of rotatable bonds is 12. The second kappa shape index (κ2) is 27.2. The van der Waals surface area contributed by atoms with E-state index in [9.17, 15) is 9.59 Å². The zero-order valence-electron chi connectivity index (χ0n) is 46.2. The number of carbonyl (C=O) groups is 2. The lowest BCUT2D eigenvalue weighted by molar-refractivity contribution is -0.161. The fraction of sp³-hybridized carbons (Fsp3) is 0.500. The van der Waals surface area contributed by atoms with Crippen LogP contribution >= 0.6 is 23.5 Å². The summed E-state index contributed by atoms with van der Waals surface area (Å²) in [6, 6.07) is 36.7. The van der Waals surface area contributed by atoms with Crippen LogP contribution in [0.25, 0.3) is 0 Å². The van der Waals surface area contributed by atoms with E-state index in [4.69, 9.17) is 71.1 Å². The maximum absolute atomic E-state index is 12.7. The maximum Gasteiger partial charge on any atom is 0.416 e. The number of thioether (sulfide) groups is 2. The van der Waals surface area contributed by atoms with Crippen molar-refractivity contribution in [3.63, 3.8) is 0 Å². The second-order valence-electron chi connectivity index (χ2n) is 21.3. The number of nitrogens with zero attached hydrogens (tertiary/aromatic N) is 4. The van der Waals surface area contributed by atoms with Crippen molar-refractivity contribution < 1.29 is 65.0 Å². The highest BCUT2D eigenvalue weighted by Gasteiger charge is 2.53. The standard InChI is InChI=1S/C28H37N3O5S.C28H36N2O5S.H2O4S/c1-17-23(18(2)34-21-14-12-20(29)13-15-21)35-25-22(24(17)33-16-19-10-8-7-9-11-19)30-26(37-25)31(6)27(32)36-28(3,4)5;1-18-23(19(2)33-21-15-11-8-12-16-21)34-25-22(24(18)32-17-20-13-9-7-10-14-20)29-26(36-25)30(6)27(31)35-28(3,4)5;1-5(2,3)4/h7-15,17-18,22-25H,16,29H2,1-6H3;7-16,18-19,22-25H,17H2,1-6H3;(H2,1,2,3,4)/t17-,18?,22-,23+,24+,25-;18-,19?,22-,23+,24+,25-;/m11./s1. The molecule has 8 rings (SSSR count). The van der Waals surface area contributed by atoms with Crippen LogP contribution in [0.1, 0.15) is 80.4 Å². The quantitative estimate of drug-likeness (QED) is 0.0883. The number of nitrogen functional groups attached to an aromatic ring is 1. The van der Waals surface area contributed by atoms with Gasteiger partial charge in [-0.05, 0) is 103 Å². The molecule has 0 spiro atoms. The largest absolute Gasteiger partial charge is 0.488 e. The van der Waals surface area contributed by atoms with E-state index in [1.54, 1.807) is 14.1 Å². The summed E-state index contributed by atoms with van der Waals surface area (Å²) in [7, 11) is -1.32. The minimum atomic E-state index is -4.67. The van der Waals surface area contributed by atoms with Crippen LogP contribution in [0.5, 0.6) is 11.5 Å². The fourth-order valence-electron chi connectivity index (χ4n) is 8.88. The monoisotopic (exact) mass is 1140 g/mol. The molecule has 2 amide bonds. The Labute approximate surface area is 467 Å². The van der Waals surface area contributed by atoms with Crippen LogP contribution < -0.4 is 15.2 Å². The molecule has 4 aliphatic rings. The molecule has 4 N–H and O–H groups in total. The highest BCUT2D eigenvalue weighted by atomic mass is 32.3. The third-order valence-corrected chi connectivity index (χ3v) is 14.9. The molecule has 4 heterocycles. The molecule has 2 fully saturated rings.